The van der Waals surface area contributed by atoms with Crippen molar-refractivity contribution in [3.63, 3.8) is 0 Å². The first kappa shape index (κ1) is 15.8. The van der Waals surface area contributed by atoms with E-state index in [2.05, 4.69) is 10.3 Å². The van der Waals surface area contributed by atoms with Gasteiger partial charge >= 0.3 is 0 Å². The van der Waals surface area contributed by atoms with Crippen LogP contribution in [0.15, 0.2) is 54.7 Å². The van der Waals surface area contributed by atoms with Crippen LogP contribution >= 0.6 is 0 Å². The van der Waals surface area contributed by atoms with E-state index in [4.69, 9.17) is 9.47 Å². The van der Waals surface area contributed by atoms with E-state index < -0.39 is 0 Å². The van der Waals surface area contributed by atoms with Crippen molar-refractivity contribution in [2.45, 2.75) is 6.92 Å². The van der Waals surface area contributed by atoms with E-state index in [0.717, 1.165) is 22.2 Å². The van der Waals surface area contributed by atoms with E-state index in [1.165, 1.54) is 0 Å². The van der Waals surface area contributed by atoms with Crippen molar-refractivity contribution in [1.82, 2.24) is 4.98 Å². The molecule has 0 radical (unpaired) electrons. The van der Waals surface area contributed by atoms with E-state index in [0.29, 0.717) is 11.5 Å². The number of methoxy groups -OCH3 is 1. The molecule has 3 rings (SSSR count). The fourth-order valence-corrected chi connectivity index (χ4v) is 2.49. The number of ether oxygens (including phenoxy) is 2. The molecular weight excluding hydrogens is 304 g/mol. The highest BCUT2D eigenvalue weighted by Gasteiger charge is 2.10. The molecule has 3 aromatic rings. The number of benzene rings is 2. The first-order chi connectivity index (χ1) is 11.7. The lowest BCUT2D eigenvalue weighted by atomic mass is 10.1. The number of carbonyl (C=O) groups is 1. The zero-order valence-corrected chi connectivity index (χ0v) is 13.6. The Morgan fingerprint density at radius 1 is 1.08 bits per heavy atom. The van der Waals surface area contributed by atoms with Crippen LogP contribution in [0.5, 0.6) is 11.5 Å². The summed E-state index contributed by atoms with van der Waals surface area (Å²) in [7, 11) is 1.56. The van der Waals surface area contributed by atoms with Crippen LogP contribution in [0.25, 0.3) is 10.9 Å². The molecule has 0 fully saturated rings. The van der Waals surface area contributed by atoms with Gasteiger partial charge in [0.15, 0.2) is 18.1 Å². The zero-order chi connectivity index (χ0) is 16.9. The Hall–Kier alpha value is -3.08. The topological polar surface area (TPSA) is 60.5 Å². The summed E-state index contributed by atoms with van der Waals surface area (Å²) in [6.07, 6.45) is 1.74. The molecule has 0 saturated carbocycles. The van der Waals surface area contributed by atoms with Gasteiger partial charge in [-0.25, -0.2) is 0 Å². The fraction of sp³-hybridized carbons (Fsp3) is 0.158. The second-order valence-corrected chi connectivity index (χ2v) is 5.32. The lowest BCUT2D eigenvalue weighted by Crippen LogP contribution is -2.20. The lowest BCUT2D eigenvalue weighted by molar-refractivity contribution is -0.118. The molecule has 24 heavy (non-hydrogen) atoms. The molecular formula is C19H18N2O3. The summed E-state index contributed by atoms with van der Waals surface area (Å²) in [6.45, 7) is 1.89. The number of pyridine rings is 1. The van der Waals surface area contributed by atoms with Gasteiger partial charge in [0.2, 0.25) is 0 Å². The van der Waals surface area contributed by atoms with Crippen LogP contribution in [0.4, 0.5) is 5.69 Å². The second-order valence-electron chi connectivity index (χ2n) is 5.32. The Bertz CT molecular complexity index is 877. The largest absolute Gasteiger partial charge is 0.493 e. The highest BCUT2D eigenvalue weighted by Crippen LogP contribution is 2.26. The van der Waals surface area contributed by atoms with Crippen LogP contribution in [0.3, 0.4) is 0 Å². The van der Waals surface area contributed by atoms with Crippen LogP contribution < -0.4 is 14.8 Å². The number of anilines is 1. The van der Waals surface area contributed by atoms with Gasteiger partial charge in [0, 0.05) is 11.6 Å². The number of amides is 1. The standard InChI is InChI=1S/C19H18N2O3/c1-13-9-10-15(14-6-5-11-20-19(13)14)21-18(22)12-24-17-8-4-3-7-16(17)23-2/h3-11H,12H2,1-2H3,(H,21,22). The number of nitrogens with zero attached hydrogens (tertiary/aromatic N) is 1. The lowest BCUT2D eigenvalue weighted by Gasteiger charge is -2.12. The van der Waals surface area contributed by atoms with Crippen molar-refractivity contribution < 1.29 is 14.3 Å². The molecule has 1 N–H and O–H groups in total. The van der Waals surface area contributed by atoms with Crippen molar-refractivity contribution in [2.24, 2.45) is 0 Å². The molecule has 0 aliphatic carbocycles. The third-order valence-corrected chi connectivity index (χ3v) is 3.67. The molecule has 2 aromatic carbocycles. The Labute approximate surface area is 140 Å². The summed E-state index contributed by atoms with van der Waals surface area (Å²) in [5.74, 6) is 0.885. The Morgan fingerprint density at radius 2 is 1.88 bits per heavy atom. The van der Waals surface area contributed by atoms with Gasteiger partial charge in [-0.3, -0.25) is 9.78 Å². The van der Waals surface area contributed by atoms with E-state index in [-0.39, 0.29) is 12.5 Å². The van der Waals surface area contributed by atoms with Crippen molar-refractivity contribution in [2.75, 3.05) is 19.0 Å². The smallest absolute Gasteiger partial charge is 0.262 e. The minimum absolute atomic E-state index is 0.101. The molecule has 0 bridgehead atoms. The number of aromatic nitrogens is 1. The van der Waals surface area contributed by atoms with Gasteiger partial charge in [-0.1, -0.05) is 18.2 Å². The SMILES string of the molecule is COc1ccccc1OCC(=O)Nc1ccc(C)c2ncccc12. The van der Waals surface area contributed by atoms with Crippen LogP contribution in [-0.4, -0.2) is 24.6 Å². The minimum atomic E-state index is -0.241. The normalized spacial score (nSPS) is 10.4. The first-order valence-electron chi connectivity index (χ1n) is 7.59. The number of fused-ring (bicyclic) bond motifs is 1. The molecule has 0 spiro atoms. The summed E-state index contributed by atoms with van der Waals surface area (Å²) in [6, 6.07) is 14.8. The average molecular weight is 322 g/mol. The maximum atomic E-state index is 12.2. The third kappa shape index (κ3) is 3.30. The molecule has 0 unspecified atom stereocenters. The number of nitrogens with one attached hydrogen (secondary N) is 1. The monoisotopic (exact) mass is 322 g/mol. The molecule has 0 aliphatic rings. The van der Waals surface area contributed by atoms with Gasteiger partial charge in [0.1, 0.15) is 0 Å². The predicted molar refractivity (Wildman–Crippen MR) is 93.6 cm³/mol. The molecule has 122 valence electrons. The van der Waals surface area contributed by atoms with Crippen LogP contribution in [0.1, 0.15) is 5.56 Å². The van der Waals surface area contributed by atoms with Crippen molar-refractivity contribution in [1.29, 1.82) is 0 Å². The van der Waals surface area contributed by atoms with Crippen molar-refractivity contribution >= 4 is 22.5 Å². The van der Waals surface area contributed by atoms with E-state index in [1.54, 1.807) is 25.4 Å². The zero-order valence-electron chi connectivity index (χ0n) is 13.6. The number of aryl methyl sites for hydroxylation is 1. The van der Waals surface area contributed by atoms with Crippen LogP contribution in [0, 0.1) is 6.92 Å². The van der Waals surface area contributed by atoms with Gasteiger partial charge in [0.05, 0.1) is 18.3 Å². The highest BCUT2D eigenvalue weighted by atomic mass is 16.5. The quantitative estimate of drug-likeness (QED) is 0.780. The molecule has 1 heterocycles. The predicted octanol–water partition coefficient (Wildman–Crippen LogP) is 3.57. The molecule has 5 heteroatoms. The summed E-state index contributed by atoms with van der Waals surface area (Å²) >= 11 is 0. The number of hydrogen-bond acceptors (Lipinski definition) is 4. The van der Waals surface area contributed by atoms with Gasteiger partial charge in [-0.05, 0) is 42.8 Å². The molecule has 0 aliphatic heterocycles. The number of rotatable bonds is 5. The highest BCUT2D eigenvalue weighted by molar-refractivity contribution is 6.02. The number of carbonyl (C=O) groups excluding carboxylic acids is 1. The Balaban J connectivity index is 1.73. The maximum Gasteiger partial charge on any atom is 0.262 e. The fourth-order valence-electron chi connectivity index (χ4n) is 2.49. The van der Waals surface area contributed by atoms with Gasteiger partial charge in [0.25, 0.3) is 5.91 Å². The molecule has 0 atom stereocenters. The summed E-state index contributed by atoms with van der Waals surface area (Å²) in [4.78, 5) is 16.6. The Kier molecular flexibility index (Phi) is 4.61. The third-order valence-electron chi connectivity index (χ3n) is 3.67. The maximum absolute atomic E-state index is 12.2. The summed E-state index contributed by atoms with van der Waals surface area (Å²) in [5, 5.41) is 3.78. The van der Waals surface area contributed by atoms with Gasteiger partial charge in [-0.15, -0.1) is 0 Å². The van der Waals surface area contributed by atoms with Crippen LogP contribution in [-0.2, 0) is 4.79 Å². The Morgan fingerprint density at radius 3 is 2.67 bits per heavy atom. The summed E-state index contributed by atoms with van der Waals surface area (Å²) in [5.41, 5.74) is 2.66. The molecule has 5 nitrogen and oxygen atoms in total. The van der Waals surface area contributed by atoms with Crippen molar-refractivity contribution in [3.05, 3.63) is 60.3 Å². The van der Waals surface area contributed by atoms with Gasteiger partial charge < -0.3 is 14.8 Å². The minimum Gasteiger partial charge on any atom is -0.493 e. The van der Waals surface area contributed by atoms with E-state index in [1.807, 2.05) is 43.3 Å². The van der Waals surface area contributed by atoms with Crippen molar-refractivity contribution in [3.8, 4) is 11.5 Å². The van der Waals surface area contributed by atoms with Gasteiger partial charge in [-0.2, -0.15) is 0 Å². The summed E-state index contributed by atoms with van der Waals surface area (Å²) < 4.78 is 10.7. The average Bonchev–Trinajstić information content (AvgIpc) is 2.63. The molecule has 0 saturated heterocycles. The van der Waals surface area contributed by atoms with Crippen LogP contribution in [0.2, 0.25) is 0 Å². The molecule has 1 aromatic heterocycles. The van der Waals surface area contributed by atoms with E-state index in [9.17, 15) is 4.79 Å². The first-order valence-corrected chi connectivity index (χ1v) is 7.59. The second kappa shape index (κ2) is 7.00. The number of hydrogen-bond donors (Lipinski definition) is 1. The van der Waals surface area contributed by atoms with E-state index >= 15 is 0 Å². The molecule has 1 amide bonds. The number of para-hydroxylation sites is 2.